The number of fused-ring (bicyclic) bond motifs is 4. The number of rotatable bonds is 2. The number of aromatic nitrogens is 1. The lowest BCUT2D eigenvalue weighted by Gasteiger charge is -2.45. The summed E-state index contributed by atoms with van der Waals surface area (Å²) >= 11 is 0. The Labute approximate surface area is 195 Å². The summed E-state index contributed by atoms with van der Waals surface area (Å²) in [6, 6.07) is 12.0. The van der Waals surface area contributed by atoms with Gasteiger partial charge in [-0.25, -0.2) is 9.37 Å². The Morgan fingerprint density at radius 3 is 2.76 bits per heavy atom. The van der Waals surface area contributed by atoms with E-state index in [4.69, 9.17) is 19.9 Å². The summed E-state index contributed by atoms with van der Waals surface area (Å²) in [5.41, 5.74) is 9.05. The van der Waals surface area contributed by atoms with Gasteiger partial charge in [0.05, 0.1) is 13.2 Å². The van der Waals surface area contributed by atoms with Crippen molar-refractivity contribution < 1.29 is 23.0 Å². The number of morpholine rings is 1. The van der Waals surface area contributed by atoms with Crippen molar-refractivity contribution >= 4 is 5.57 Å². The standard InChI is InChI=1S/C26H23F2N3O3/c27-21-12-17(15-5-8-32-9-6-15)11-20-24(21)33-22-4-3-16(18-2-1-7-31-25(18)28)10-19(22)26(20)14-30-13-23(29)34-26/h1-5,7,10-12,23,30H,6,8-9,13-14,29H2/t23-,26?/m0/s1. The van der Waals surface area contributed by atoms with Crippen LogP contribution >= 0.6 is 0 Å². The van der Waals surface area contributed by atoms with Crippen molar-refractivity contribution in [1.82, 2.24) is 10.3 Å². The van der Waals surface area contributed by atoms with Crippen molar-refractivity contribution in [2.24, 2.45) is 5.73 Å². The third-order valence-electron chi connectivity index (χ3n) is 6.58. The Bertz CT molecular complexity index is 1310. The highest BCUT2D eigenvalue weighted by Crippen LogP contribution is 2.52. The van der Waals surface area contributed by atoms with E-state index in [9.17, 15) is 4.39 Å². The van der Waals surface area contributed by atoms with Gasteiger partial charge in [0.25, 0.3) is 0 Å². The summed E-state index contributed by atoms with van der Waals surface area (Å²) in [6.45, 7) is 1.88. The van der Waals surface area contributed by atoms with Gasteiger partial charge in [-0.3, -0.25) is 0 Å². The van der Waals surface area contributed by atoms with Crippen molar-refractivity contribution in [2.45, 2.75) is 18.2 Å². The van der Waals surface area contributed by atoms with E-state index in [1.54, 1.807) is 24.3 Å². The van der Waals surface area contributed by atoms with Crippen LogP contribution < -0.4 is 15.8 Å². The first kappa shape index (κ1) is 21.4. The first-order valence-electron chi connectivity index (χ1n) is 11.2. The van der Waals surface area contributed by atoms with Gasteiger partial charge in [-0.05, 0) is 59.5 Å². The fourth-order valence-electron chi connectivity index (χ4n) is 4.98. The van der Waals surface area contributed by atoms with Gasteiger partial charge < -0.3 is 25.3 Å². The largest absolute Gasteiger partial charge is 0.453 e. The van der Waals surface area contributed by atoms with Gasteiger partial charge in [0.2, 0.25) is 5.95 Å². The van der Waals surface area contributed by atoms with E-state index in [0.29, 0.717) is 60.7 Å². The van der Waals surface area contributed by atoms with E-state index in [1.807, 2.05) is 18.2 Å². The fraction of sp³-hybridized carbons (Fsp3) is 0.269. The Morgan fingerprint density at radius 2 is 1.97 bits per heavy atom. The number of nitrogens with zero attached hydrogens (tertiary/aromatic N) is 1. The summed E-state index contributed by atoms with van der Waals surface area (Å²) < 4.78 is 47.8. The molecule has 1 fully saturated rings. The van der Waals surface area contributed by atoms with Crippen molar-refractivity contribution in [1.29, 1.82) is 0 Å². The molecule has 0 aliphatic carbocycles. The lowest BCUT2D eigenvalue weighted by molar-refractivity contribution is -0.0973. The minimum Gasteiger partial charge on any atom is -0.453 e. The van der Waals surface area contributed by atoms with Crippen LogP contribution in [0.1, 0.15) is 23.1 Å². The predicted octanol–water partition coefficient (Wildman–Crippen LogP) is 4.08. The molecule has 3 N–H and O–H groups in total. The molecule has 4 heterocycles. The van der Waals surface area contributed by atoms with Crippen LogP contribution in [0.3, 0.4) is 0 Å². The lowest BCUT2D eigenvalue weighted by atomic mass is 9.79. The molecule has 6 rings (SSSR count). The number of halogens is 2. The van der Waals surface area contributed by atoms with Crippen LogP contribution in [0.15, 0.2) is 54.7 Å². The molecule has 1 spiro atoms. The average molecular weight is 463 g/mol. The topological polar surface area (TPSA) is 78.6 Å². The molecule has 8 heteroatoms. The number of pyridine rings is 1. The van der Waals surface area contributed by atoms with Gasteiger partial charge in [-0.2, -0.15) is 4.39 Å². The summed E-state index contributed by atoms with van der Waals surface area (Å²) in [7, 11) is 0. The average Bonchev–Trinajstić information content (AvgIpc) is 2.86. The minimum atomic E-state index is -1.11. The molecule has 3 aliphatic heterocycles. The molecule has 0 amide bonds. The van der Waals surface area contributed by atoms with Crippen LogP contribution in [-0.4, -0.2) is 37.5 Å². The van der Waals surface area contributed by atoms with E-state index < -0.39 is 23.6 Å². The van der Waals surface area contributed by atoms with Gasteiger partial charge in [-0.1, -0.05) is 12.1 Å². The quantitative estimate of drug-likeness (QED) is 0.558. The summed E-state index contributed by atoms with van der Waals surface area (Å²) in [6.07, 6.45) is 3.43. The first-order valence-corrected chi connectivity index (χ1v) is 11.2. The summed E-state index contributed by atoms with van der Waals surface area (Å²) in [4.78, 5) is 3.77. The highest BCUT2D eigenvalue weighted by atomic mass is 19.1. The van der Waals surface area contributed by atoms with Gasteiger partial charge in [0, 0.05) is 36.0 Å². The SMILES string of the molecule is N[C@@H]1CNCC2(O1)c1cc(-c3cccnc3F)ccc1Oc1c(F)cc(C3=CCOCC3)cc12. The van der Waals surface area contributed by atoms with Crippen molar-refractivity contribution in [3.63, 3.8) is 0 Å². The molecule has 2 aromatic carbocycles. The smallest absolute Gasteiger partial charge is 0.220 e. The molecule has 3 aromatic rings. The van der Waals surface area contributed by atoms with Crippen LogP contribution in [0.2, 0.25) is 0 Å². The van der Waals surface area contributed by atoms with Gasteiger partial charge >= 0.3 is 0 Å². The molecule has 2 atom stereocenters. The molecule has 0 saturated carbocycles. The molecule has 34 heavy (non-hydrogen) atoms. The van der Waals surface area contributed by atoms with Crippen LogP contribution in [0.5, 0.6) is 11.5 Å². The molecule has 1 saturated heterocycles. The predicted molar refractivity (Wildman–Crippen MR) is 122 cm³/mol. The number of ether oxygens (including phenoxy) is 3. The number of benzene rings is 2. The minimum absolute atomic E-state index is 0.111. The normalized spacial score (nSPS) is 23.6. The van der Waals surface area contributed by atoms with Crippen LogP contribution in [0.25, 0.3) is 16.7 Å². The van der Waals surface area contributed by atoms with Gasteiger partial charge in [-0.15, -0.1) is 0 Å². The Hall–Kier alpha value is -3.17. The second-order valence-electron chi connectivity index (χ2n) is 8.66. The fourth-order valence-corrected chi connectivity index (χ4v) is 4.98. The van der Waals surface area contributed by atoms with Crippen LogP contribution in [0, 0.1) is 11.8 Å². The Balaban J connectivity index is 1.56. The summed E-state index contributed by atoms with van der Waals surface area (Å²) in [5, 5.41) is 3.32. The molecular formula is C26H23F2N3O3. The van der Waals surface area contributed by atoms with Crippen LogP contribution in [-0.2, 0) is 15.1 Å². The Kier molecular flexibility index (Phi) is 5.18. The monoisotopic (exact) mass is 463 g/mol. The zero-order valence-electron chi connectivity index (χ0n) is 18.3. The molecular weight excluding hydrogens is 440 g/mol. The second-order valence-corrected chi connectivity index (χ2v) is 8.66. The number of hydrogen-bond donors (Lipinski definition) is 2. The maximum atomic E-state index is 15.5. The van der Waals surface area contributed by atoms with Crippen molar-refractivity contribution in [3.8, 4) is 22.6 Å². The highest BCUT2D eigenvalue weighted by Gasteiger charge is 2.48. The second kappa shape index (κ2) is 8.25. The van der Waals surface area contributed by atoms with E-state index in [2.05, 4.69) is 10.3 Å². The number of hydrogen-bond acceptors (Lipinski definition) is 6. The maximum Gasteiger partial charge on any atom is 0.220 e. The zero-order valence-corrected chi connectivity index (χ0v) is 18.3. The highest BCUT2D eigenvalue weighted by molar-refractivity contribution is 5.72. The molecule has 6 nitrogen and oxygen atoms in total. The molecule has 1 aromatic heterocycles. The molecule has 0 bridgehead atoms. The third kappa shape index (κ3) is 3.42. The number of nitrogens with two attached hydrogens (primary N) is 1. The van der Waals surface area contributed by atoms with Crippen LogP contribution in [0.4, 0.5) is 8.78 Å². The number of nitrogens with one attached hydrogen (secondary N) is 1. The van der Waals surface area contributed by atoms with Gasteiger partial charge in [0.1, 0.15) is 17.6 Å². The molecule has 174 valence electrons. The van der Waals surface area contributed by atoms with E-state index >= 15 is 4.39 Å². The van der Waals surface area contributed by atoms with E-state index in [0.717, 1.165) is 11.1 Å². The van der Waals surface area contributed by atoms with Crippen molar-refractivity contribution in [3.05, 3.63) is 83.2 Å². The Morgan fingerprint density at radius 1 is 1.09 bits per heavy atom. The van der Waals surface area contributed by atoms with E-state index in [-0.39, 0.29) is 5.75 Å². The van der Waals surface area contributed by atoms with Crippen molar-refractivity contribution in [2.75, 3.05) is 26.3 Å². The maximum absolute atomic E-state index is 15.5. The summed E-state index contributed by atoms with van der Waals surface area (Å²) in [5.74, 6) is -0.503. The molecule has 1 unspecified atom stereocenters. The molecule has 3 aliphatic rings. The third-order valence-corrected chi connectivity index (χ3v) is 6.58. The van der Waals surface area contributed by atoms with E-state index in [1.165, 1.54) is 12.3 Å². The lowest BCUT2D eigenvalue weighted by Crippen LogP contribution is -2.56. The zero-order chi connectivity index (χ0) is 23.3. The molecule has 0 radical (unpaired) electrons. The van der Waals surface area contributed by atoms with Gasteiger partial charge in [0.15, 0.2) is 11.6 Å². The first-order chi connectivity index (χ1) is 16.5.